The van der Waals surface area contributed by atoms with Gasteiger partial charge in [0.1, 0.15) is 10.3 Å². The van der Waals surface area contributed by atoms with Crippen LogP contribution in [0.4, 0.5) is 0 Å². The maximum atomic E-state index is 12.7. The zero-order chi connectivity index (χ0) is 27.1. The second-order valence-electron chi connectivity index (χ2n) is 13.2. The molecule has 3 rings (SSSR count). The Labute approximate surface area is 223 Å². The highest BCUT2D eigenvalue weighted by Gasteiger charge is 2.49. The molecule has 3 heterocycles. The molecule has 1 aliphatic rings. The summed E-state index contributed by atoms with van der Waals surface area (Å²) < 4.78 is 6.67. The molecule has 36 heavy (non-hydrogen) atoms. The lowest BCUT2D eigenvalue weighted by Gasteiger charge is -2.49. The van der Waals surface area contributed by atoms with E-state index in [1.54, 1.807) is 11.3 Å². The Kier molecular flexibility index (Phi) is 8.46. The Bertz CT molecular complexity index is 1050. The molecular weight excluding hydrogens is 486 g/mol. The van der Waals surface area contributed by atoms with E-state index in [2.05, 4.69) is 65.6 Å². The first-order valence-electron chi connectivity index (χ1n) is 13.3. The third-order valence-corrected chi connectivity index (χ3v) is 14.2. The highest BCUT2D eigenvalue weighted by atomic mass is 32.1. The molecule has 6 nitrogen and oxygen atoms in total. The molecule has 2 atom stereocenters. The lowest BCUT2D eigenvalue weighted by molar-refractivity contribution is -0.157. The van der Waals surface area contributed by atoms with E-state index in [1.807, 2.05) is 13.8 Å². The normalized spacial score (nSPS) is 22.3. The minimum absolute atomic E-state index is 0.125. The first-order chi connectivity index (χ1) is 16.5. The summed E-state index contributed by atoms with van der Waals surface area (Å²) in [4.78, 5) is 26.7. The topological polar surface area (TPSA) is 75.6 Å². The largest absolute Gasteiger partial charge is 0.481 e. The summed E-state index contributed by atoms with van der Waals surface area (Å²) in [6.07, 6.45) is 2.26. The molecule has 0 bridgehead atoms. The van der Waals surface area contributed by atoms with Crippen molar-refractivity contribution in [2.45, 2.75) is 99.3 Å². The van der Waals surface area contributed by atoms with Gasteiger partial charge in [-0.15, -0.1) is 11.3 Å². The van der Waals surface area contributed by atoms with Gasteiger partial charge in [0.25, 0.3) is 0 Å². The van der Waals surface area contributed by atoms with Crippen LogP contribution in [0.25, 0.3) is 10.3 Å². The molecule has 202 valence electrons. The number of nitrogens with zero attached hydrogens (tertiary/aromatic N) is 3. The van der Waals surface area contributed by atoms with Gasteiger partial charge in [-0.25, -0.2) is 9.97 Å². The first kappa shape index (κ1) is 29.2. The maximum absolute atomic E-state index is 12.7. The summed E-state index contributed by atoms with van der Waals surface area (Å²) in [5.41, 5.74) is 2.01. The molecule has 1 saturated heterocycles. The first-order valence-corrected chi connectivity index (χ1v) is 17.1. The second kappa shape index (κ2) is 10.4. The van der Waals surface area contributed by atoms with Crippen molar-refractivity contribution in [1.29, 1.82) is 0 Å². The minimum Gasteiger partial charge on any atom is -0.481 e. The number of carboxylic acid groups (broad SMARTS) is 1. The van der Waals surface area contributed by atoms with Crippen molar-refractivity contribution in [2.75, 3.05) is 19.7 Å². The van der Waals surface area contributed by atoms with Crippen LogP contribution in [0.2, 0.25) is 18.1 Å². The van der Waals surface area contributed by atoms with Crippen LogP contribution in [0.1, 0.15) is 77.1 Å². The lowest BCUT2D eigenvalue weighted by atomic mass is 9.65. The van der Waals surface area contributed by atoms with Gasteiger partial charge in [-0.2, -0.15) is 0 Å². The molecular formula is C28H47N3O3SSi. The van der Waals surface area contributed by atoms with E-state index < -0.39 is 19.7 Å². The van der Waals surface area contributed by atoms with Crippen LogP contribution < -0.4 is 0 Å². The lowest BCUT2D eigenvalue weighted by Crippen LogP contribution is -2.55. The second-order valence-corrected chi connectivity index (χ2v) is 19.2. The molecule has 0 aliphatic carbocycles. The highest BCUT2D eigenvalue weighted by Crippen LogP contribution is 2.46. The number of likely N-dealkylation sites (tertiary alicyclic amines) is 1. The summed E-state index contributed by atoms with van der Waals surface area (Å²) >= 11 is 1.68. The van der Waals surface area contributed by atoms with Gasteiger partial charge in [0, 0.05) is 31.1 Å². The standard InChI is InChI=1S/C28H47N3O3SSi/c1-11-12-28(25(32)33)14-21(27(7,8)18-34-36(9,10)26(4,5)6)15-31(17-28)16-22-13-23-24(35-22)30-20(3)19(2)29-23/h13,21H,11-12,14-18H2,1-10H3,(H,32,33)/t21-,28-/m1/s1. The fourth-order valence-electron chi connectivity index (χ4n) is 5.04. The Morgan fingerprint density at radius 2 is 1.86 bits per heavy atom. The van der Waals surface area contributed by atoms with Crippen molar-refractivity contribution < 1.29 is 14.3 Å². The number of aliphatic carboxylic acids is 1. The number of aromatic nitrogens is 2. The van der Waals surface area contributed by atoms with Gasteiger partial charge in [0.15, 0.2) is 8.32 Å². The summed E-state index contributed by atoms with van der Waals surface area (Å²) in [6.45, 7) is 24.9. The van der Waals surface area contributed by atoms with Crippen LogP contribution in [0, 0.1) is 30.6 Å². The molecule has 1 N–H and O–H groups in total. The number of rotatable bonds is 9. The Hall–Kier alpha value is -1.35. The van der Waals surface area contributed by atoms with E-state index in [1.165, 1.54) is 4.88 Å². The summed E-state index contributed by atoms with van der Waals surface area (Å²) in [5, 5.41) is 10.6. The zero-order valence-electron chi connectivity index (χ0n) is 24.1. The number of piperidine rings is 1. The third-order valence-electron chi connectivity index (χ3n) is 8.75. The van der Waals surface area contributed by atoms with Crippen LogP contribution in [-0.4, -0.2) is 54.0 Å². The summed E-state index contributed by atoms with van der Waals surface area (Å²) in [5.74, 6) is -0.431. The zero-order valence-corrected chi connectivity index (χ0v) is 25.9. The van der Waals surface area contributed by atoms with Crippen molar-refractivity contribution in [3.05, 3.63) is 22.3 Å². The number of aryl methyl sites for hydroxylation is 2. The van der Waals surface area contributed by atoms with Crippen molar-refractivity contribution in [2.24, 2.45) is 16.7 Å². The predicted molar refractivity (Wildman–Crippen MR) is 152 cm³/mol. The van der Waals surface area contributed by atoms with Gasteiger partial charge in [-0.05, 0) is 62.2 Å². The summed E-state index contributed by atoms with van der Waals surface area (Å²) in [7, 11) is -1.90. The van der Waals surface area contributed by atoms with Crippen LogP contribution >= 0.6 is 11.3 Å². The van der Waals surface area contributed by atoms with Crippen LogP contribution in [0.3, 0.4) is 0 Å². The quantitative estimate of drug-likeness (QED) is 0.348. The van der Waals surface area contributed by atoms with Gasteiger partial charge in [-0.1, -0.05) is 48.0 Å². The summed E-state index contributed by atoms with van der Waals surface area (Å²) in [6, 6.07) is 2.14. The van der Waals surface area contributed by atoms with Gasteiger partial charge in [0.05, 0.1) is 16.8 Å². The predicted octanol–water partition coefficient (Wildman–Crippen LogP) is 7.05. The average molecular weight is 534 g/mol. The van der Waals surface area contributed by atoms with Crippen LogP contribution in [0.5, 0.6) is 0 Å². The fourth-order valence-corrected chi connectivity index (χ4v) is 7.27. The van der Waals surface area contributed by atoms with Gasteiger partial charge in [-0.3, -0.25) is 9.69 Å². The molecule has 2 aromatic heterocycles. The highest BCUT2D eigenvalue weighted by molar-refractivity contribution is 7.18. The van der Waals surface area contributed by atoms with Crippen molar-refractivity contribution in [3.63, 3.8) is 0 Å². The fraction of sp³-hybridized carbons (Fsp3) is 0.750. The number of fused-ring (bicyclic) bond motifs is 1. The maximum Gasteiger partial charge on any atom is 0.310 e. The van der Waals surface area contributed by atoms with Gasteiger partial charge >= 0.3 is 5.97 Å². The minimum atomic E-state index is -1.90. The Morgan fingerprint density at radius 3 is 2.44 bits per heavy atom. The van der Waals surface area contributed by atoms with E-state index in [9.17, 15) is 9.90 Å². The Balaban J connectivity index is 1.88. The molecule has 0 unspecified atom stereocenters. The van der Waals surface area contributed by atoms with E-state index in [0.717, 1.165) is 41.2 Å². The van der Waals surface area contributed by atoms with E-state index in [0.29, 0.717) is 26.0 Å². The number of thiophene rings is 1. The molecule has 0 amide bonds. The monoisotopic (exact) mass is 533 g/mol. The molecule has 0 aromatic carbocycles. The van der Waals surface area contributed by atoms with Gasteiger partial charge < -0.3 is 9.53 Å². The van der Waals surface area contributed by atoms with Crippen molar-refractivity contribution in [1.82, 2.24) is 14.9 Å². The third kappa shape index (κ3) is 6.20. The smallest absolute Gasteiger partial charge is 0.310 e. The van der Waals surface area contributed by atoms with E-state index in [4.69, 9.17) is 14.4 Å². The SMILES string of the molecule is CCC[C@@]1(C(=O)O)C[C@@H](C(C)(C)CO[Si](C)(C)C(C)(C)C)CN(Cc2cc3nc(C)c(C)nc3s2)C1. The molecule has 0 radical (unpaired) electrons. The molecule has 1 fully saturated rings. The molecule has 8 heteroatoms. The average Bonchev–Trinajstić information content (AvgIpc) is 3.12. The van der Waals surface area contributed by atoms with Crippen LogP contribution in [-0.2, 0) is 15.8 Å². The Morgan fingerprint density at radius 1 is 1.22 bits per heavy atom. The van der Waals surface area contributed by atoms with Crippen molar-refractivity contribution in [3.8, 4) is 0 Å². The van der Waals surface area contributed by atoms with Crippen molar-refractivity contribution >= 4 is 36.0 Å². The number of hydrogen-bond acceptors (Lipinski definition) is 6. The number of hydrogen-bond donors (Lipinski definition) is 1. The molecule has 0 spiro atoms. The molecule has 2 aromatic rings. The number of carboxylic acids is 1. The van der Waals surface area contributed by atoms with E-state index in [-0.39, 0.29) is 16.4 Å². The molecule has 0 saturated carbocycles. The number of carbonyl (C=O) groups is 1. The van der Waals surface area contributed by atoms with Gasteiger partial charge in [0.2, 0.25) is 0 Å². The molecule has 1 aliphatic heterocycles. The van der Waals surface area contributed by atoms with E-state index >= 15 is 0 Å². The van der Waals surface area contributed by atoms with Crippen LogP contribution in [0.15, 0.2) is 6.07 Å².